The fourth-order valence-electron chi connectivity index (χ4n) is 3.56. The molecule has 3 rings (SSSR count). The number of hydrogen-bond donors (Lipinski definition) is 1. The third-order valence-corrected chi connectivity index (χ3v) is 5.63. The summed E-state index contributed by atoms with van der Waals surface area (Å²) in [5.74, 6) is -1.67. The van der Waals surface area contributed by atoms with Gasteiger partial charge in [0.2, 0.25) is 5.78 Å². The quantitative estimate of drug-likeness (QED) is 0.407. The zero-order chi connectivity index (χ0) is 21.1. The van der Waals surface area contributed by atoms with E-state index in [2.05, 4.69) is 15.9 Å². The Morgan fingerprint density at radius 1 is 1.07 bits per heavy atom. The average Bonchev–Trinajstić information content (AvgIpc) is 2.93. The number of quaternary nitrogens is 1. The molecule has 1 atom stereocenters. The highest BCUT2D eigenvalue weighted by atomic mass is 79.9. The summed E-state index contributed by atoms with van der Waals surface area (Å²) in [5.41, 5.74) is 2.31. The molecule has 1 heterocycles. The smallest absolute Gasteiger partial charge is 0.295 e. The lowest BCUT2D eigenvalue weighted by Gasteiger charge is -2.27. The number of carbonyl (C=O) groups excluding carboxylic acids is 2. The lowest BCUT2D eigenvalue weighted by atomic mass is 9.94. The van der Waals surface area contributed by atoms with Crippen LogP contribution in [0.2, 0.25) is 0 Å². The van der Waals surface area contributed by atoms with Gasteiger partial charge in [-0.2, -0.15) is 0 Å². The van der Waals surface area contributed by atoms with Crippen LogP contribution in [0.15, 0.2) is 58.6 Å². The number of carbonyl (C=O) groups is 2. The predicted octanol–water partition coefficient (Wildman–Crippen LogP) is 1.52. The normalized spacial score (nSPS) is 18.7. The van der Waals surface area contributed by atoms with Gasteiger partial charge in [-0.1, -0.05) is 63.7 Å². The maximum absolute atomic E-state index is 13.2. The van der Waals surface area contributed by atoms with Gasteiger partial charge in [-0.25, -0.2) is 0 Å². The summed E-state index contributed by atoms with van der Waals surface area (Å²) in [6.07, 6.45) is 0.753. The fraction of sp³-hybridized carbons (Fsp3) is 0.304. The first-order chi connectivity index (χ1) is 13.8. The molecule has 152 valence electrons. The Hall–Kier alpha value is -2.44. The minimum absolute atomic E-state index is 0.0402. The van der Waals surface area contributed by atoms with Crippen molar-refractivity contribution in [1.29, 1.82) is 0 Å². The third-order valence-electron chi connectivity index (χ3n) is 5.10. The second kappa shape index (κ2) is 8.93. The van der Waals surface area contributed by atoms with Crippen molar-refractivity contribution in [2.45, 2.75) is 19.4 Å². The molecule has 1 aliphatic rings. The van der Waals surface area contributed by atoms with Gasteiger partial charge in [0.15, 0.2) is 0 Å². The van der Waals surface area contributed by atoms with Crippen molar-refractivity contribution in [2.75, 3.05) is 27.2 Å². The zero-order valence-corrected chi connectivity index (χ0v) is 18.5. The molecule has 1 unspecified atom stereocenters. The summed E-state index contributed by atoms with van der Waals surface area (Å²) >= 11 is 3.36. The molecule has 0 aromatic heterocycles. The summed E-state index contributed by atoms with van der Waals surface area (Å²) in [5, 5.41) is 13.2. The van der Waals surface area contributed by atoms with Crippen LogP contribution < -0.4 is 10.0 Å². The number of rotatable bonds is 6. The highest BCUT2D eigenvalue weighted by molar-refractivity contribution is 9.10. The van der Waals surface area contributed by atoms with E-state index < -0.39 is 17.7 Å². The first-order valence-electron chi connectivity index (χ1n) is 9.67. The van der Waals surface area contributed by atoms with Gasteiger partial charge < -0.3 is 14.9 Å². The van der Waals surface area contributed by atoms with Crippen molar-refractivity contribution in [3.05, 3.63) is 75.3 Å². The van der Waals surface area contributed by atoms with Gasteiger partial charge in [-0.3, -0.25) is 9.59 Å². The summed E-state index contributed by atoms with van der Waals surface area (Å²) < 4.78 is 0.843. The molecule has 2 aromatic carbocycles. The molecule has 1 aliphatic heterocycles. The number of halogens is 1. The van der Waals surface area contributed by atoms with Gasteiger partial charge in [0.1, 0.15) is 0 Å². The van der Waals surface area contributed by atoms with E-state index >= 15 is 0 Å². The van der Waals surface area contributed by atoms with Crippen LogP contribution in [0.3, 0.4) is 0 Å². The maximum Gasteiger partial charge on any atom is 0.295 e. The first kappa shape index (κ1) is 21.3. The van der Waals surface area contributed by atoms with Crippen LogP contribution in [0.5, 0.6) is 0 Å². The monoisotopic (exact) mass is 456 g/mol. The van der Waals surface area contributed by atoms with Gasteiger partial charge in [0.25, 0.3) is 5.91 Å². The van der Waals surface area contributed by atoms with Crippen LogP contribution in [0.25, 0.3) is 5.76 Å². The standard InChI is InChI=1S/C23H25BrN2O3/c1-15-5-7-16(8-6-15)20-19(21(27)17-9-11-18(24)12-10-17)22(28)23(29)26(20)14-4-13-25(2)3/h5-12,20,27H,4,13-14H2,1-3H3. The van der Waals surface area contributed by atoms with Crippen molar-refractivity contribution in [3.8, 4) is 0 Å². The van der Waals surface area contributed by atoms with Gasteiger partial charge in [0, 0.05) is 23.0 Å². The van der Waals surface area contributed by atoms with E-state index in [0.29, 0.717) is 12.1 Å². The van der Waals surface area contributed by atoms with Gasteiger partial charge in [-0.05, 0) is 30.2 Å². The molecular formula is C23H25BrN2O3. The Morgan fingerprint density at radius 2 is 1.69 bits per heavy atom. The number of aryl methyl sites for hydroxylation is 1. The largest absolute Gasteiger partial charge is 0.872 e. The Kier molecular flexibility index (Phi) is 6.55. The summed E-state index contributed by atoms with van der Waals surface area (Å²) in [6.45, 7) is 3.28. The molecule has 2 aromatic rings. The van der Waals surface area contributed by atoms with Crippen LogP contribution in [0, 0.1) is 6.92 Å². The second-order valence-electron chi connectivity index (χ2n) is 7.70. The van der Waals surface area contributed by atoms with Gasteiger partial charge in [0.05, 0.1) is 26.7 Å². The van der Waals surface area contributed by atoms with Crippen LogP contribution in [0.1, 0.15) is 29.2 Å². The topological polar surface area (TPSA) is 64.9 Å². The van der Waals surface area contributed by atoms with Crippen molar-refractivity contribution >= 4 is 33.4 Å². The van der Waals surface area contributed by atoms with E-state index in [4.69, 9.17) is 0 Å². The molecule has 29 heavy (non-hydrogen) atoms. The number of hydrogen-bond acceptors (Lipinski definition) is 3. The van der Waals surface area contributed by atoms with Gasteiger partial charge >= 0.3 is 0 Å². The second-order valence-corrected chi connectivity index (χ2v) is 8.62. The molecule has 1 saturated heterocycles. The Labute approximate surface area is 179 Å². The van der Waals surface area contributed by atoms with E-state index in [9.17, 15) is 14.7 Å². The molecule has 1 amide bonds. The molecule has 6 heteroatoms. The number of nitrogens with zero attached hydrogens (tertiary/aromatic N) is 1. The van der Waals surface area contributed by atoms with E-state index in [-0.39, 0.29) is 11.3 Å². The zero-order valence-electron chi connectivity index (χ0n) is 16.9. The van der Waals surface area contributed by atoms with Crippen molar-refractivity contribution in [2.24, 2.45) is 0 Å². The van der Waals surface area contributed by atoms with E-state index in [1.54, 1.807) is 29.2 Å². The molecular weight excluding hydrogens is 432 g/mol. The van der Waals surface area contributed by atoms with E-state index in [1.807, 2.05) is 45.3 Å². The van der Waals surface area contributed by atoms with Crippen LogP contribution in [0.4, 0.5) is 0 Å². The third kappa shape index (κ3) is 4.60. The number of nitrogens with one attached hydrogen (secondary N) is 1. The predicted molar refractivity (Wildman–Crippen MR) is 114 cm³/mol. The lowest BCUT2D eigenvalue weighted by Crippen LogP contribution is -3.05. The van der Waals surface area contributed by atoms with Crippen LogP contribution >= 0.6 is 15.9 Å². The van der Waals surface area contributed by atoms with E-state index in [1.165, 1.54) is 4.90 Å². The maximum atomic E-state index is 13.2. The number of amides is 1. The number of likely N-dealkylation sites (tertiary alicyclic amines) is 1. The molecule has 1 fully saturated rings. The minimum Gasteiger partial charge on any atom is -0.872 e. The average molecular weight is 457 g/mol. The molecule has 0 spiro atoms. The summed E-state index contributed by atoms with van der Waals surface area (Å²) in [6, 6.07) is 13.9. The number of ketones is 1. The van der Waals surface area contributed by atoms with Gasteiger partial charge in [-0.15, -0.1) is 0 Å². The summed E-state index contributed by atoms with van der Waals surface area (Å²) in [4.78, 5) is 28.5. The Balaban J connectivity index is 2.07. The Morgan fingerprint density at radius 3 is 2.28 bits per heavy atom. The minimum atomic E-state index is -0.694. The van der Waals surface area contributed by atoms with Crippen molar-refractivity contribution in [3.63, 3.8) is 0 Å². The highest BCUT2D eigenvalue weighted by Crippen LogP contribution is 2.38. The molecule has 0 bridgehead atoms. The summed E-state index contributed by atoms with van der Waals surface area (Å²) in [7, 11) is 4.09. The SMILES string of the molecule is Cc1ccc(C2C(=C([O-])c3ccc(Br)cc3)C(=O)C(=O)N2CCC[NH+](C)C)cc1. The first-order valence-corrected chi connectivity index (χ1v) is 10.5. The van der Waals surface area contributed by atoms with Crippen LogP contribution in [-0.2, 0) is 9.59 Å². The molecule has 1 N–H and O–H groups in total. The molecule has 5 nitrogen and oxygen atoms in total. The van der Waals surface area contributed by atoms with Crippen molar-refractivity contribution in [1.82, 2.24) is 4.90 Å². The lowest BCUT2D eigenvalue weighted by molar-refractivity contribution is -0.858. The number of Topliss-reactive ketones (excluding diaryl/α,β-unsaturated/α-hetero) is 1. The molecule has 0 saturated carbocycles. The molecule has 0 radical (unpaired) electrons. The van der Waals surface area contributed by atoms with E-state index in [0.717, 1.165) is 28.6 Å². The highest BCUT2D eigenvalue weighted by Gasteiger charge is 2.43. The molecule has 0 aliphatic carbocycles. The number of benzene rings is 2. The fourth-order valence-corrected chi connectivity index (χ4v) is 3.82. The Bertz CT molecular complexity index is 934. The van der Waals surface area contributed by atoms with Crippen molar-refractivity contribution < 1.29 is 19.6 Å². The van der Waals surface area contributed by atoms with Crippen LogP contribution in [-0.4, -0.2) is 43.8 Å².